The van der Waals surface area contributed by atoms with Gasteiger partial charge in [-0.3, -0.25) is 19.6 Å². The molecule has 0 aromatic heterocycles. The Morgan fingerprint density at radius 1 is 1.21 bits per heavy atom. The molecule has 0 aliphatic heterocycles. The molecular weight excluding hydrogens is 447 g/mol. The van der Waals surface area contributed by atoms with E-state index >= 15 is 0 Å². The molecule has 0 amide bonds. The van der Waals surface area contributed by atoms with Crippen LogP contribution < -0.4 is 9.46 Å². The number of nitro benzene ring substituents is 1. The van der Waals surface area contributed by atoms with E-state index in [1.807, 2.05) is 0 Å². The number of nitro groups is 1. The fraction of sp³-hybridized carbons (Fsp3) is 0.235. The first-order chi connectivity index (χ1) is 13.5. The molecule has 0 aliphatic carbocycles. The van der Waals surface area contributed by atoms with Crippen LogP contribution >= 0.6 is 23.2 Å². The van der Waals surface area contributed by atoms with Gasteiger partial charge in [0.2, 0.25) is 10.0 Å². The highest BCUT2D eigenvalue weighted by Gasteiger charge is 2.22. The number of hydrogen-bond acceptors (Lipinski definition) is 7. The fourth-order valence-electron chi connectivity index (χ4n) is 2.36. The van der Waals surface area contributed by atoms with Crippen molar-refractivity contribution in [3.8, 4) is 11.5 Å². The number of anilines is 1. The predicted molar refractivity (Wildman–Crippen MR) is 108 cm³/mol. The van der Waals surface area contributed by atoms with E-state index in [2.05, 4.69) is 9.46 Å². The molecule has 2 rings (SSSR count). The number of carbonyl (C=O) groups is 1. The molecule has 2 aromatic carbocycles. The van der Waals surface area contributed by atoms with E-state index in [9.17, 15) is 23.3 Å². The van der Waals surface area contributed by atoms with Crippen LogP contribution in [0.1, 0.15) is 12.0 Å². The smallest absolute Gasteiger partial charge is 0.305 e. The van der Waals surface area contributed by atoms with Crippen LogP contribution in [-0.4, -0.2) is 32.7 Å². The number of nitrogens with zero attached hydrogens (tertiary/aromatic N) is 1. The molecular formula is C17H16Cl2N2O7S. The van der Waals surface area contributed by atoms with Crippen LogP contribution in [0, 0.1) is 10.1 Å². The number of halogens is 2. The van der Waals surface area contributed by atoms with Crippen molar-refractivity contribution in [1.82, 2.24) is 0 Å². The van der Waals surface area contributed by atoms with Gasteiger partial charge in [-0.2, -0.15) is 0 Å². The average Bonchev–Trinajstić information content (AvgIpc) is 2.61. The minimum absolute atomic E-state index is 0.0383. The second-order valence-electron chi connectivity index (χ2n) is 5.86. The molecule has 0 spiro atoms. The van der Waals surface area contributed by atoms with Crippen LogP contribution in [0.25, 0.3) is 0 Å². The molecule has 0 heterocycles. The number of aryl methyl sites for hydroxylation is 1. The predicted octanol–water partition coefficient (Wildman–Crippen LogP) is 4.17. The molecule has 0 bridgehead atoms. The average molecular weight is 463 g/mol. The Bertz CT molecular complexity index is 1060. The van der Waals surface area contributed by atoms with Crippen molar-refractivity contribution in [2.24, 2.45) is 0 Å². The van der Waals surface area contributed by atoms with Crippen LogP contribution in [0.4, 0.5) is 11.4 Å². The first kappa shape index (κ1) is 22.7. The summed E-state index contributed by atoms with van der Waals surface area (Å²) in [6, 6.07) is 6.63. The zero-order chi connectivity index (χ0) is 21.8. The maximum Gasteiger partial charge on any atom is 0.305 e. The Morgan fingerprint density at radius 3 is 2.45 bits per heavy atom. The molecule has 9 nitrogen and oxygen atoms in total. The van der Waals surface area contributed by atoms with E-state index in [0.717, 1.165) is 12.3 Å². The van der Waals surface area contributed by atoms with Crippen LogP contribution in [0.2, 0.25) is 10.0 Å². The maximum absolute atomic E-state index is 11.7. The molecule has 12 heteroatoms. The molecule has 2 aromatic rings. The summed E-state index contributed by atoms with van der Waals surface area (Å²) < 4.78 is 35.9. The number of rotatable bonds is 8. The van der Waals surface area contributed by atoms with E-state index in [1.54, 1.807) is 0 Å². The van der Waals surface area contributed by atoms with Crippen LogP contribution in [0.15, 0.2) is 30.3 Å². The number of hydrogen-bond donors (Lipinski definition) is 1. The first-order valence-electron chi connectivity index (χ1n) is 7.99. The summed E-state index contributed by atoms with van der Waals surface area (Å²) in [7, 11) is -2.55. The SMILES string of the molecule is COC(=O)CCc1cc(NS(C)(=O)=O)c(Oc2ccc(Cl)cc2Cl)cc1[N+](=O)[O-]. The van der Waals surface area contributed by atoms with Gasteiger partial charge in [-0.15, -0.1) is 0 Å². The van der Waals surface area contributed by atoms with Gasteiger partial charge in [0.25, 0.3) is 5.69 Å². The number of nitrogens with one attached hydrogen (secondary N) is 1. The molecule has 0 atom stereocenters. The lowest BCUT2D eigenvalue weighted by molar-refractivity contribution is -0.385. The largest absolute Gasteiger partial charge is 0.469 e. The van der Waals surface area contributed by atoms with E-state index in [4.69, 9.17) is 27.9 Å². The normalized spacial score (nSPS) is 11.0. The van der Waals surface area contributed by atoms with Gasteiger partial charge < -0.3 is 9.47 Å². The molecule has 0 fully saturated rings. The van der Waals surface area contributed by atoms with Gasteiger partial charge in [0, 0.05) is 17.0 Å². The Labute approximate surface area is 176 Å². The molecule has 0 radical (unpaired) electrons. The van der Waals surface area contributed by atoms with Crippen LogP contribution in [0.3, 0.4) is 0 Å². The zero-order valence-electron chi connectivity index (χ0n) is 15.3. The minimum atomic E-state index is -3.74. The van der Waals surface area contributed by atoms with Crippen molar-refractivity contribution in [2.75, 3.05) is 18.1 Å². The maximum atomic E-state index is 11.7. The second-order valence-corrected chi connectivity index (χ2v) is 8.45. The van der Waals surface area contributed by atoms with Crippen LogP contribution in [0.5, 0.6) is 11.5 Å². The lowest BCUT2D eigenvalue weighted by Gasteiger charge is -2.15. The summed E-state index contributed by atoms with van der Waals surface area (Å²) in [5.41, 5.74) is -0.280. The molecule has 29 heavy (non-hydrogen) atoms. The lowest BCUT2D eigenvalue weighted by atomic mass is 10.1. The van der Waals surface area contributed by atoms with Gasteiger partial charge >= 0.3 is 5.97 Å². The molecule has 1 N–H and O–H groups in total. The van der Waals surface area contributed by atoms with Crippen molar-refractivity contribution in [2.45, 2.75) is 12.8 Å². The molecule has 156 valence electrons. The van der Waals surface area contributed by atoms with E-state index in [0.29, 0.717) is 5.02 Å². The van der Waals surface area contributed by atoms with Crippen molar-refractivity contribution >= 4 is 50.6 Å². The summed E-state index contributed by atoms with van der Waals surface area (Å²) >= 11 is 11.9. The van der Waals surface area contributed by atoms with E-state index in [-0.39, 0.29) is 46.3 Å². The number of ether oxygens (including phenoxy) is 2. The second kappa shape index (κ2) is 9.29. The molecule has 0 aliphatic rings. The summed E-state index contributed by atoms with van der Waals surface area (Å²) in [5, 5.41) is 12.0. The Morgan fingerprint density at radius 2 is 1.90 bits per heavy atom. The quantitative estimate of drug-likeness (QED) is 0.354. The molecule has 0 saturated heterocycles. The van der Waals surface area contributed by atoms with Crippen molar-refractivity contribution < 1.29 is 27.6 Å². The standard InChI is InChI=1S/C17H16Cl2N2O7S/c1-27-17(22)6-3-10-7-13(20-29(2,25)26)16(9-14(10)21(23)24)28-15-5-4-11(18)8-12(15)19/h4-5,7-9,20H,3,6H2,1-2H3. The highest BCUT2D eigenvalue weighted by atomic mass is 35.5. The number of esters is 1. The monoisotopic (exact) mass is 462 g/mol. The van der Waals surface area contributed by atoms with Gasteiger partial charge in [0.05, 0.1) is 35.1 Å². The van der Waals surface area contributed by atoms with Gasteiger partial charge in [-0.25, -0.2) is 8.42 Å². The highest BCUT2D eigenvalue weighted by Crippen LogP contribution is 2.39. The molecule has 0 saturated carbocycles. The van der Waals surface area contributed by atoms with Gasteiger partial charge in [0.15, 0.2) is 5.75 Å². The molecule has 0 unspecified atom stereocenters. The van der Waals surface area contributed by atoms with Gasteiger partial charge in [-0.05, 0) is 30.7 Å². The number of carbonyl (C=O) groups excluding carboxylic acids is 1. The Balaban J connectivity index is 2.55. The van der Waals surface area contributed by atoms with E-state index < -0.39 is 20.9 Å². The van der Waals surface area contributed by atoms with Gasteiger partial charge in [-0.1, -0.05) is 23.2 Å². The topological polar surface area (TPSA) is 125 Å². The van der Waals surface area contributed by atoms with Crippen molar-refractivity contribution in [3.05, 3.63) is 56.1 Å². The third kappa shape index (κ3) is 6.48. The third-order valence-electron chi connectivity index (χ3n) is 3.61. The number of methoxy groups -OCH3 is 1. The fourth-order valence-corrected chi connectivity index (χ4v) is 3.37. The number of sulfonamides is 1. The third-order valence-corrected chi connectivity index (χ3v) is 4.73. The summed E-state index contributed by atoms with van der Waals surface area (Å²) in [5.74, 6) is -0.595. The summed E-state index contributed by atoms with van der Waals surface area (Å²) in [6.07, 6.45) is 0.754. The lowest BCUT2D eigenvalue weighted by Crippen LogP contribution is -2.12. The summed E-state index contributed by atoms with van der Waals surface area (Å²) in [6.45, 7) is 0. The number of benzene rings is 2. The van der Waals surface area contributed by atoms with Crippen LogP contribution in [-0.2, 0) is 26.0 Å². The minimum Gasteiger partial charge on any atom is -0.469 e. The summed E-state index contributed by atoms with van der Waals surface area (Å²) in [4.78, 5) is 22.2. The Kier molecular flexibility index (Phi) is 7.28. The van der Waals surface area contributed by atoms with Crippen molar-refractivity contribution in [1.29, 1.82) is 0 Å². The van der Waals surface area contributed by atoms with Crippen molar-refractivity contribution in [3.63, 3.8) is 0 Å². The first-order valence-corrected chi connectivity index (χ1v) is 10.6. The zero-order valence-corrected chi connectivity index (χ0v) is 17.6. The Hall–Kier alpha value is -2.56. The van der Waals surface area contributed by atoms with Gasteiger partial charge in [0.1, 0.15) is 5.75 Å². The highest BCUT2D eigenvalue weighted by molar-refractivity contribution is 7.92. The van der Waals surface area contributed by atoms with E-state index in [1.165, 1.54) is 31.4 Å².